The van der Waals surface area contributed by atoms with Crippen LogP contribution in [0.25, 0.3) is 6.08 Å². The van der Waals surface area contributed by atoms with Crippen LogP contribution in [-0.4, -0.2) is 0 Å². The van der Waals surface area contributed by atoms with Crippen LogP contribution < -0.4 is 0 Å². The summed E-state index contributed by atoms with van der Waals surface area (Å²) in [6.07, 6.45) is 2.23. The third-order valence-corrected chi connectivity index (χ3v) is 3.43. The van der Waals surface area contributed by atoms with E-state index in [1.165, 1.54) is 20.9 Å². The molecule has 0 aliphatic heterocycles. The van der Waals surface area contributed by atoms with Gasteiger partial charge in [-0.2, -0.15) is 0 Å². The minimum Gasteiger partial charge on any atom is -0.0895 e. The molecular formula is C16H16S. The average Bonchev–Trinajstić information content (AvgIpc) is 2.32. The quantitative estimate of drug-likeness (QED) is 0.705. The summed E-state index contributed by atoms with van der Waals surface area (Å²) in [4.78, 5) is 2.59. The summed E-state index contributed by atoms with van der Waals surface area (Å²) in [7, 11) is 0. The van der Waals surface area contributed by atoms with Crippen molar-refractivity contribution in [1.82, 2.24) is 0 Å². The van der Waals surface area contributed by atoms with E-state index in [4.69, 9.17) is 0 Å². The van der Waals surface area contributed by atoms with Gasteiger partial charge in [-0.15, -0.1) is 0 Å². The first-order chi connectivity index (χ1) is 8.25. The first-order valence-electron chi connectivity index (χ1n) is 5.72. The van der Waals surface area contributed by atoms with E-state index >= 15 is 0 Å². The topological polar surface area (TPSA) is 0 Å². The maximum atomic E-state index is 2.23. The van der Waals surface area contributed by atoms with Crippen LogP contribution in [0.3, 0.4) is 0 Å². The number of allylic oxidation sites excluding steroid dienone is 1. The zero-order valence-electron chi connectivity index (χ0n) is 10.2. The van der Waals surface area contributed by atoms with Gasteiger partial charge in [0.25, 0.3) is 0 Å². The van der Waals surface area contributed by atoms with Gasteiger partial charge in [0, 0.05) is 9.79 Å². The number of benzene rings is 2. The normalized spacial score (nSPS) is 10.0. The first kappa shape index (κ1) is 12.0. The SMILES string of the molecule is CC(C)=Cc1ccccc1Sc1ccccc1. The van der Waals surface area contributed by atoms with E-state index in [-0.39, 0.29) is 0 Å². The fraction of sp³-hybridized carbons (Fsp3) is 0.125. The van der Waals surface area contributed by atoms with Crippen LogP contribution in [0.15, 0.2) is 70.0 Å². The van der Waals surface area contributed by atoms with Crippen molar-refractivity contribution in [3.8, 4) is 0 Å². The molecule has 0 unspecified atom stereocenters. The van der Waals surface area contributed by atoms with Crippen molar-refractivity contribution in [3.63, 3.8) is 0 Å². The summed E-state index contributed by atoms with van der Waals surface area (Å²) >= 11 is 1.81. The van der Waals surface area contributed by atoms with Gasteiger partial charge in [-0.3, -0.25) is 0 Å². The molecular weight excluding hydrogens is 224 g/mol. The third-order valence-electron chi connectivity index (χ3n) is 2.33. The second kappa shape index (κ2) is 5.74. The fourth-order valence-electron chi connectivity index (χ4n) is 1.62. The largest absolute Gasteiger partial charge is 0.0895 e. The molecule has 0 saturated heterocycles. The van der Waals surface area contributed by atoms with Crippen LogP contribution in [0.2, 0.25) is 0 Å². The molecule has 0 heterocycles. The number of rotatable bonds is 3. The van der Waals surface area contributed by atoms with Crippen molar-refractivity contribution in [3.05, 3.63) is 65.7 Å². The Hall–Kier alpha value is -1.47. The molecule has 0 atom stereocenters. The summed E-state index contributed by atoms with van der Waals surface area (Å²) in [5.74, 6) is 0. The first-order valence-corrected chi connectivity index (χ1v) is 6.54. The molecule has 86 valence electrons. The van der Waals surface area contributed by atoms with Gasteiger partial charge in [-0.25, -0.2) is 0 Å². The lowest BCUT2D eigenvalue weighted by Gasteiger charge is -2.06. The Morgan fingerprint density at radius 2 is 1.53 bits per heavy atom. The van der Waals surface area contributed by atoms with E-state index in [0.717, 1.165) is 0 Å². The lowest BCUT2D eigenvalue weighted by molar-refractivity contribution is 1.36. The van der Waals surface area contributed by atoms with E-state index in [1.54, 1.807) is 0 Å². The Labute approximate surface area is 107 Å². The molecule has 2 aromatic carbocycles. The Morgan fingerprint density at radius 3 is 2.24 bits per heavy atom. The summed E-state index contributed by atoms with van der Waals surface area (Å²) in [5.41, 5.74) is 2.62. The predicted octanol–water partition coefficient (Wildman–Crippen LogP) is 5.26. The monoisotopic (exact) mass is 240 g/mol. The summed E-state index contributed by atoms with van der Waals surface area (Å²) < 4.78 is 0. The molecule has 2 aromatic rings. The highest BCUT2D eigenvalue weighted by molar-refractivity contribution is 7.99. The molecule has 0 bridgehead atoms. The molecule has 17 heavy (non-hydrogen) atoms. The lowest BCUT2D eigenvalue weighted by atomic mass is 10.1. The Morgan fingerprint density at radius 1 is 0.882 bits per heavy atom. The maximum absolute atomic E-state index is 2.23. The highest BCUT2D eigenvalue weighted by Gasteiger charge is 2.01. The Bertz CT molecular complexity index is 508. The molecule has 1 heteroatoms. The summed E-state index contributed by atoms with van der Waals surface area (Å²) in [5, 5.41) is 0. The molecule has 0 fully saturated rings. The summed E-state index contributed by atoms with van der Waals surface area (Å²) in [6.45, 7) is 4.26. The van der Waals surface area contributed by atoms with Crippen LogP contribution in [0, 0.1) is 0 Å². The van der Waals surface area contributed by atoms with Gasteiger partial charge in [0.05, 0.1) is 0 Å². The number of hydrogen-bond donors (Lipinski definition) is 0. The molecule has 0 nitrogen and oxygen atoms in total. The van der Waals surface area contributed by atoms with Crippen LogP contribution in [-0.2, 0) is 0 Å². The van der Waals surface area contributed by atoms with Crippen LogP contribution in [0.5, 0.6) is 0 Å². The van der Waals surface area contributed by atoms with E-state index in [1.807, 2.05) is 17.8 Å². The third kappa shape index (κ3) is 3.50. The van der Waals surface area contributed by atoms with Crippen LogP contribution >= 0.6 is 11.8 Å². The van der Waals surface area contributed by atoms with Gasteiger partial charge >= 0.3 is 0 Å². The van der Waals surface area contributed by atoms with Crippen molar-refractivity contribution in [2.75, 3.05) is 0 Å². The maximum Gasteiger partial charge on any atom is 0.0194 e. The van der Waals surface area contributed by atoms with Crippen molar-refractivity contribution in [2.45, 2.75) is 23.6 Å². The van der Waals surface area contributed by atoms with Gasteiger partial charge < -0.3 is 0 Å². The predicted molar refractivity (Wildman–Crippen MR) is 76.3 cm³/mol. The number of hydrogen-bond acceptors (Lipinski definition) is 1. The van der Waals surface area contributed by atoms with Crippen molar-refractivity contribution in [1.29, 1.82) is 0 Å². The average molecular weight is 240 g/mol. The zero-order valence-corrected chi connectivity index (χ0v) is 11.0. The molecule has 2 rings (SSSR count). The highest BCUT2D eigenvalue weighted by Crippen LogP contribution is 2.31. The second-order valence-electron chi connectivity index (χ2n) is 4.17. The highest BCUT2D eigenvalue weighted by atomic mass is 32.2. The van der Waals surface area contributed by atoms with E-state index in [2.05, 4.69) is 68.5 Å². The standard InChI is InChI=1S/C16H16S/c1-13(2)12-14-8-6-7-11-16(14)17-15-9-4-3-5-10-15/h3-12H,1-2H3. The Balaban J connectivity index is 2.30. The van der Waals surface area contributed by atoms with Gasteiger partial charge in [0.15, 0.2) is 0 Å². The molecule has 0 saturated carbocycles. The molecule has 0 aliphatic carbocycles. The molecule has 0 N–H and O–H groups in total. The zero-order chi connectivity index (χ0) is 12.1. The Kier molecular flexibility index (Phi) is 4.05. The lowest BCUT2D eigenvalue weighted by Crippen LogP contribution is -1.80. The van der Waals surface area contributed by atoms with Gasteiger partial charge in [0.2, 0.25) is 0 Å². The van der Waals surface area contributed by atoms with Crippen molar-refractivity contribution in [2.24, 2.45) is 0 Å². The van der Waals surface area contributed by atoms with Crippen molar-refractivity contribution >= 4 is 17.8 Å². The molecule has 0 radical (unpaired) electrons. The van der Waals surface area contributed by atoms with Gasteiger partial charge in [-0.1, -0.05) is 59.8 Å². The fourth-order valence-corrected chi connectivity index (χ4v) is 2.56. The van der Waals surface area contributed by atoms with Crippen molar-refractivity contribution < 1.29 is 0 Å². The molecule has 0 aliphatic rings. The minimum atomic E-state index is 1.28. The molecule has 0 aromatic heterocycles. The second-order valence-corrected chi connectivity index (χ2v) is 5.29. The summed E-state index contributed by atoms with van der Waals surface area (Å²) in [6, 6.07) is 19.0. The smallest absolute Gasteiger partial charge is 0.0194 e. The van der Waals surface area contributed by atoms with Gasteiger partial charge in [0.1, 0.15) is 0 Å². The van der Waals surface area contributed by atoms with Crippen LogP contribution in [0.4, 0.5) is 0 Å². The van der Waals surface area contributed by atoms with E-state index < -0.39 is 0 Å². The van der Waals surface area contributed by atoms with Crippen LogP contribution in [0.1, 0.15) is 19.4 Å². The molecule has 0 spiro atoms. The van der Waals surface area contributed by atoms with E-state index in [9.17, 15) is 0 Å². The van der Waals surface area contributed by atoms with Gasteiger partial charge in [-0.05, 0) is 37.6 Å². The van der Waals surface area contributed by atoms with E-state index in [0.29, 0.717) is 0 Å². The minimum absolute atomic E-state index is 1.28. The molecule has 0 amide bonds.